The van der Waals surface area contributed by atoms with Crippen LogP contribution in [0.1, 0.15) is 27.0 Å². The second-order valence-electron chi connectivity index (χ2n) is 7.06. The molecule has 0 radical (unpaired) electrons. The number of rotatable bonds is 4. The van der Waals surface area contributed by atoms with Crippen LogP contribution in [-0.2, 0) is 22.2 Å². The molecular formula is C20H23BN2O4. The molecule has 6 nitrogen and oxygen atoms in total. The van der Waals surface area contributed by atoms with Crippen LogP contribution in [0.15, 0.2) is 30.5 Å². The van der Waals surface area contributed by atoms with Crippen LogP contribution in [0.4, 0.5) is 5.82 Å². The highest BCUT2D eigenvalue weighted by atomic mass is 16.5. The van der Waals surface area contributed by atoms with E-state index >= 15 is 0 Å². The molecule has 0 amide bonds. The lowest BCUT2D eigenvalue weighted by atomic mass is 9.72. The molecule has 0 saturated carbocycles. The summed E-state index contributed by atoms with van der Waals surface area (Å²) in [6, 6.07) is 7.79. The number of fused-ring (bicyclic) bond motifs is 1. The molecule has 2 aliphatic heterocycles. The molecular weight excluding hydrogens is 343 g/mol. The first-order valence-corrected chi connectivity index (χ1v) is 9.36. The maximum atomic E-state index is 12.8. The summed E-state index contributed by atoms with van der Waals surface area (Å²) in [7, 11) is -0.903. The molecule has 1 N–H and O–H groups in total. The van der Waals surface area contributed by atoms with E-state index in [-0.39, 0.29) is 12.2 Å². The number of ketones is 1. The van der Waals surface area contributed by atoms with Gasteiger partial charge in [-0.3, -0.25) is 4.79 Å². The van der Waals surface area contributed by atoms with Crippen LogP contribution in [0.5, 0.6) is 0 Å². The van der Waals surface area contributed by atoms with Crippen LogP contribution in [0, 0.1) is 6.92 Å². The molecule has 0 aliphatic carbocycles. The van der Waals surface area contributed by atoms with Gasteiger partial charge in [0.1, 0.15) is 5.82 Å². The van der Waals surface area contributed by atoms with Crippen LogP contribution in [0.3, 0.4) is 0 Å². The van der Waals surface area contributed by atoms with E-state index in [4.69, 9.17) is 9.39 Å². The maximum Gasteiger partial charge on any atom is 0.491 e. The average Bonchev–Trinajstić information content (AvgIpc) is 2.69. The molecule has 0 atom stereocenters. The number of aryl methyl sites for hydroxylation is 1. The lowest BCUT2D eigenvalue weighted by molar-refractivity contribution is 0.0992. The van der Waals surface area contributed by atoms with E-state index < -0.39 is 7.12 Å². The Morgan fingerprint density at radius 2 is 2.07 bits per heavy atom. The van der Waals surface area contributed by atoms with Gasteiger partial charge in [-0.1, -0.05) is 18.2 Å². The number of carbonyl (C=O) groups excluding carboxylic acids is 1. The quantitative estimate of drug-likeness (QED) is 0.641. The number of hydrogen-bond donors (Lipinski definition) is 1. The third-order valence-electron chi connectivity index (χ3n) is 5.22. The number of aromatic nitrogens is 1. The van der Waals surface area contributed by atoms with Crippen LogP contribution in [0.25, 0.3) is 0 Å². The maximum absolute atomic E-state index is 12.8. The Morgan fingerprint density at radius 3 is 2.85 bits per heavy atom. The summed E-state index contributed by atoms with van der Waals surface area (Å²) < 4.78 is 10.7. The van der Waals surface area contributed by atoms with E-state index in [0.717, 1.165) is 47.5 Å². The van der Waals surface area contributed by atoms with Gasteiger partial charge < -0.3 is 19.3 Å². The highest BCUT2D eigenvalue weighted by Crippen LogP contribution is 2.19. The minimum absolute atomic E-state index is 0.0275. The molecule has 4 rings (SSSR count). The van der Waals surface area contributed by atoms with Crippen molar-refractivity contribution >= 4 is 24.2 Å². The van der Waals surface area contributed by atoms with Gasteiger partial charge in [0, 0.05) is 37.9 Å². The van der Waals surface area contributed by atoms with E-state index in [1.165, 1.54) is 0 Å². The molecule has 0 unspecified atom stereocenters. The number of hydrogen-bond acceptors (Lipinski definition) is 6. The minimum Gasteiger partial charge on any atom is -0.423 e. The van der Waals surface area contributed by atoms with E-state index in [0.29, 0.717) is 25.4 Å². The molecule has 1 saturated heterocycles. The van der Waals surface area contributed by atoms with E-state index in [2.05, 4.69) is 9.88 Å². The van der Waals surface area contributed by atoms with E-state index in [9.17, 15) is 9.82 Å². The van der Waals surface area contributed by atoms with Gasteiger partial charge in [-0.2, -0.15) is 0 Å². The predicted octanol–water partition coefficient (Wildman–Crippen LogP) is 0.912. The smallest absolute Gasteiger partial charge is 0.423 e. The van der Waals surface area contributed by atoms with Crippen LogP contribution in [0.2, 0.25) is 0 Å². The number of nitrogens with zero attached hydrogens (tertiary/aromatic N) is 2. The zero-order valence-corrected chi connectivity index (χ0v) is 15.5. The van der Waals surface area contributed by atoms with E-state index in [1.54, 1.807) is 6.20 Å². The molecule has 7 heteroatoms. The highest BCUT2D eigenvalue weighted by Gasteiger charge is 2.25. The fourth-order valence-electron chi connectivity index (χ4n) is 3.66. The summed E-state index contributed by atoms with van der Waals surface area (Å²) in [6.07, 6.45) is 2.74. The molecule has 0 spiro atoms. The number of ether oxygens (including phenoxy) is 1. The van der Waals surface area contributed by atoms with Crippen molar-refractivity contribution in [2.75, 3.05) is 37.8 Å². The Kier molecular flexibility index (Phi) is 5.25. The molecule has 1 aromatic carbocycles. The Labute approximate surface area is 159 Å². The number of Topliss-reactive ketones (excluding diaryl/α,β-unsaturated/α-hetero) is 1. The van der Waals surface area contributed by atoms with Crippen LogP contribution < -0.4 is 10.4 Å². The number of morpholine rings is 1. The second-order valence-corrected chi connectivity index (χ2v) is 7.06. The van der Waals surface area contributed by atoms with Crippen molar-refractivity contribution in [1.29, 1.82) is 0 Å². The summed E-state index contributed by atoms with van der Waals surface area (Å²) in [4.78, 5) is 19.5. The van der Waals surface area contributed by atoms with Gasteiger partial charge in [0.2, 0.25) is 0 Å². The molecule has 2 aliphatic rings. The topological polar surface area (TPSA) is 71.9 Å². The SMILES string of the molecule is Cc1cc(N2CCOCC2)ncc1C(=O)Cc1ccc2c(c1)B(O)OCC2. The van der Waals surface area contributed by atoms with Crippen molar-refractivity contribution in [2.24, 2.45) is 0 Å². The van der Waals surface area contributed by atoms with Crippen molar-refractivity contribution in [2.45, 2.75) is 19.8 Å². The standard InChI is InChI=1S/C20H23BN2O4/c1-14-10-20(23-5-8-26-9-6-23)22-13-17(14)19(24)12-15-2-3-16-4-7-27-21(25)18(16)11-15/h2-3,10-11,13,25H,4-9,12H2,1H3. The fourth-order valence-corrected chi connectivity index (χ4v) is 3.66. The molecule has 2 aromatic rings. The summed E-state index contributed by atoms with van der Waals surface area (Å²) >= 11 is 0. The molecule has 1 aromatic heterocycles. The Balaban J connectivity index is 1.50. The highest BCUT2D eigenvalue weighted by molar-refractivity contribution is 6.60. The predicted molar refractivity (Wildman–Crippen MR) is 104 cm³/mol. The van der Waals surface area contributed by atoms with Crippen LogP contribution >= 0.6 is 0 Å². The van der Waals surface area contributed by atoms with Gasteiger partial charge in [-0.25, -0.2) is 4.98 Å². The summed E-state index contributed by atoms with van der Waals surface area (Å²) in [5.41, 5.74) is 4.29. The lowest BCUT2D eigenvalue weighted by Gasteiger charge is -2.28. The van der Waals surface area contributed by atoms with Gasteiger partial charge in [0.25, 0.3) is 0 Å². The monoisotopic (exact) mass is 366 g/mol. The first-order valence-electron chi connectivity index (χ1n) is 9.36. The van der Waals surface area contributed by atoms with Crippen molar-refractivity contribution < 1.29 is 19.2 Å². The third-order valence-corrected chi connectivity index (χ3v) is 5.22. The molecule has 140 valence electrons. The third kappa shape index (κ3) is 3.90. The van der Waals surface area contributed by atoms with E-state index in [1.807, 2.05) is 31.2 Å². The fraction of sp³-hybridized carbons (Fsp3) is 0.400. The van der Waals surface area contributed by atoms with Crippen molar-refractivity contribution in [3.63, 3.8) is 0 Å². The minimum atomic E-state index is -0.903. The second kappa shape index (κ2) is 7.80. The Morgan fingerprint density at radius 1 is 1.26 bits per heavy atom. The first-order chi connectivity index (χ1) is 13.1. The average molecular weight is 366 g/mol. The van der Waals surface area contributed by atoms with Gasteiger partial charge in [-0.15, -0.1) is 0 Å². The zero-order valence-electron chi connectivity index (χ0n) is 15.5. The molecule has 1 fully saturated rings. The van der Waals surface area contributed by atoms with Crippen LogP contribution in [-0.4, -0.2) is 55.8 Å². The first kappa shape index (κ1) is 18.2. The van der Waals surface area contributed by atoms with Gasteiger partial charge >= 0.3 is 7.12 Å². The number of benzene rings is 1. The largest absolute Gasteiger partial charge is 0.491 e. The van der Waals surface area contributed by atoms with Gasteiger partial charge in [-0.05, 0) is 41.6 Å². The van der Waals surface area contributed by atoms with Crippen molar-refractivity contribution in [3.8, 4) is 0 Å². The van der Waals surface area contributed by atoms with Crippen molar-refractivity contribution in [3.05, 3.63) is 52.7 Å². The summed E-state index contributed by atoms with van der Waals surface area (Å²) in [6.45, 7) is 5.51. The zero-order chi connectivity index (χ0) is 18.8. The number of pyridine rings is 1. The lowest BCUT2D eigenvalue weighted by Crippen LogP contribution is -2.41. The summed E-state index contributed by atoms with van der Waals surface area (Å²) in [5, 5.41) is 10.0. The molecule has 27 heavy (non-hydrogen) atoms. The number of carbonyl (C=O) groups is 1. The number of anilines is 1. The van der Waals surface area contributed by atoms with Crippen molar-refractivity contribution in [1.82, 2.24) is 4.98 Å². The normalized spacial score (nSPS) is 17.0. The molecule has 3 heterocycles. The summed E-state index contributed by atoms with van der Waals surface area (Å²) in [5.74, 6) is 0.918. The Bertz CT molecular complexity index is 852. The molecule has 0 bridgehead atoms. The van der Waals surface area contributed by atoms with Gasteiger partial charge in [0.05, 0.1) is 13.2 Å². The Hall–Kier alpha value is -2.22. The van der Waals surface area contributed by atoms with Gasteiger partial charge in [0.15, 0.2) is 5.78 Å².